The van der Waals surface area contributed by atoms with E-state index in [4.69, 9.17) is 25.9 Å². The normalized spacial score (nSPS) is 13.1. The van der Waals surface area contributed by atoms with Gasteiger partial charge in [0, 0.05) is 29.0 Å². The number of carbonyl (C=O) groups excluding carboxylic acids is 1. The number of aromatic nitrogens is 2. The minimum absolute atomic E-state index is 0.0223. The third-order valence-corrected chi connectivity index (χ3v) is 6.08. The Bertz CT molecular complexity index is 1420. The molecule has 0 bridgehead atoms. The van der Waals surface area contributed by atoms with E-state index in [9.17, 15) is 26.6 Å². The predicted octanol–water partition coefficient (Wildman–Crippen LogP) is 5.68. The molecule has 0 saturated heterocycles. The van der Waals surface area contributed by atoms with Crippen molar-refractivity contribution in [2.24, 2.45) is 0 Å². The lowest BCUT2D eigenvalue weighted by atomic mass is 10.1. The molecule has 0 saturated carbocycles. The summed E-state index contributed by atoms with van der Waals surface area (Å²) in [6.45, 7) is 0.982. The summed E-state index contributed by atoms with van der Waals surface area (Å²) >= 11 is 5.97. The topological polar surface area (TPSA) is 114 Å². The van der Waals surface area contributed by atoms with Gasteiger partial charge in [-0.3, -0.25) is 4.79 Å². The number of ether oxygens (including phenoxy) is 2. The fourth-order valence-electron chi connectivity index (χ4n) is 2.97. The first-order valence-electron chi connectivity index (χ1n) is 9.53. The molecule has 2 N–H and O–H groups in total. The highest BCUT2D eigenvalue weighted by Crippen LogP contribution is 2.37. The molecule has 1 atom stereocenters. The van der Waals surface area contributed by atoms with Crippen LogP contribution in [0.5, 0.6) is 17.4 Å². The average Bonchev–Trinajstić information content (AvgIpc) is 2.74. The second-order valence-electron chi connectivity index (χ2n) is 7.20. The van der Waals surface area contributed by atoms with E-state index in [1.54, 1.807) is 0 Å². The van der Waals surface area contributed by atoms with E-state index < -0.39 is 56.1 Å². The number of hydrogen-bond donors (Lipinski definition) is 2. The van der Waals surface area contributed by atoms with Gasteiger partial charge in [-0.15, -0.1) is 10.2 Å². The maximum Gasteiger partial charge on any atom is 0.435 e. The zero-order valence-corrected chi connectivity index (χ0v) is 19.9. The van der Waals surface area contributed by atoms with E-state index in [1.165, 1.54) is 37.6 Å². The van der Waals surface area contributed by atoms with Gasteiger partial charge in [0.2, 0.25) is 0 Å². The molecule has 0 aliphatic heterocycles. The van der Waals surface area contributed by atoms with Gasteiger partial charge in [-0.05, 0) is 30.7 Å². The third-order valence-electron chi connectivity index (χ3n) is 4.64. The number of methoxy groups -OCH3 is 1. The number of anilines is 1. The fraction of sp³-hybridized carbons (Fsp3) is 0.190. The molecule has 0 spiro atoms. The summed E-state index contributed by atoms with van der Waals surface area (Å²) in [6.07, 6.45) is -3.78. The van der Waals surface area contributed by atoms with Gasteiger partial charge in [0.25, 0.3) is 11.8 Å². The van der Waals surface area contributed by atoms with Crippen LogP contribution in [0.15, 0.2) is 41.3 Å². The molecule has 186 valence electrons. The molecule has 14 heteroatoms. The second kappa shape index (κ2) is 9.66. The van der Waals surface area contributed by atoms with E-state index >= 15 is 0 Å². The monoisotopic (exact) mass is 532 g/mol. The molecule has 8 nitrogen and oxygen atoms in total. The van der Waals surface area contributed by atoms with Crippen LogP contribution in [0.25, 0.3) is 0 Å². The number of halogens is 5. The first-order valence-corrected chi connectivity index (χ1v) is 11.9. The zero-order valence-electron chi connectivity index (χ0n) is 18.3. The largest absolute Gasteiger partial charge is 0.495 e. The Hall–Kier alpha value is -3.45. The predicted molar refractivity (Wildman–Crippen MR) is 119 cm³/mol. The molecule has 0 radical (unpaired) electrons. The van der Waals surface area contributed by atoms with Gasteiger partial charge < -0.3 is 14.8 Å². The van der Waals surface area contributed by atoms with Crippen LogP contribution in [0.1, 0.15) is 21.6 Å². The highest BCUT2D eigenvalue weighted by atomic mass is 35.5. The summed E-state index contributed by atoms with van der Waals surface area (Å²) in [6, 6.07) is 7.32. The van der Waals surface area contributed by atoms with Crippen molar-refractivity contribution in [1.29, 1.82) is 4.78 Å². The minimum Gasteiger partial charge on any atom is -0.495 e. The highest BCUT2D eigenvalue weighted by molar-refractivity contribution is 7.91. The van der Waals surface area contributed by atoms with Crippen molar-refractivity contribution >= 4 is 32.9 Å². The number of alkyl halides is 3. The second-order valence-corrected chi connectivity index (χ2v) is 9.76. The molecule has 1 unspecified atom stereocenters. The summed E-state index contributed by atoms with van der Waals surface area (Å²) in [5, 5.41) is 8.76. The zero-order chi connectivity index (χ0) is 26.1. The smallest absolute Gasteiger partial charge is 0.435 e. The van der Waals surface area contributed by atoms with Crippen molar-refractivity contribution in [2.75, 3.05) is 18.7 Å². The van der Waals surface area contributed by atoms with Crippen LogP contribution in [0.4, 0.5) is 23.2 Å². The van der Waals surface area contributed by atoms with Crippen LogP contribution in [0.3, 0.4) is 0 Å². The average molecular weight is 533 g/mol. The summed E-state index contributed by atoms with van der Waals surface area (Å²) in [5.41, 5.74) is -2.70. The number of hydrogen-bond acceptors (Lipinski definition) is 7. The molecule has 0 fully saturated rings. The van der Waals surface area contributed by atoms with E-state index in [-0.39, 0.29) is 21.4 Å². The lowest BCUT2D eigenvalue weighted by Crippen LogP contribution is -2.21. The molecule has 3 aromatic rings. The Morgan fingerprint density at radius 2 is 1.86 bits per heavy atom. The molecule has 3 rings (SSSR count). The summed E-state index contributed by atoms with van der Waals surface area (Å²) in [7, 11) is -1.88. The summed E-state index contributed by atoms with van der Waals surface area (Å²) in [5.74, 6) is -3.37. The Balaban J connectivity index is 2.10. The van der Waals surface area contributed by atoms with E-state index in [0.717, 1.165) is 19.1 Å². The van der Waals surface area contributed by atoms with Crippen LogP contribution in [0, 0.1) is 17.5 Å². The van der Waals surface area contributed by atoms with Crippen LogP contribution in [0.2, 0.25) is 5.02 Å². The quantitative estimate of drug-likeness (QED) is 0.394. The molecular weight excluding hydrogens is 516 g/mol. The van der Waals surface area contributed by atoms with Crippen molar-refractivity contribution in [3.05, 3.63) is 64.1 Å². The highest BCUT2D eigenvalue weighted by Gasteiger charge is 2.38. The molecule has 2 aromatic carbocycles. The SMILES string of the molecule is COc1cc(F)c(Oc2nnc(C(F)(F)F)c(C)c2C(=O)Nc2cccc(S(C)(=N)=O)c2)cc1Cl. The van der Waals surface area contributed by atoms with Crippen molar-refractivity contribution < 1.29 is 36.0 Å². The van der Waals surface area contributed by atoms with Gasteiger partial charge in [0.15, 0.2) is 17.3 Å². The van der Waals surface area contributed by atoms with Gasteiger partial charge in [-0.2, -0.15) is 13.2 Å². The lowest BCUT2D eigenvalue weighted by molar-refractivity contribution is -0.142. The van der Waals surface area contributed by atoms with Crippen molar-refractivity contribution in [3.8, 4) is 17.4 Å². The maximum absolute atomic E-state index is 14.5. The van der Waals surface area contributed by atoms with Crippen LogP contribution >= 0.6 is 11.6 Å². The number of benzene rings is 2. The first-order chi connectivity index (χ1) is 16.2. The molecular formula is C21H17ClF4N4O4S. The number of nitrogens with zero attached hydrogens (tertiary/aromatic N) is 2. The molecule has 1 heterocycles. The van der Waals surface area contributed by atoms with Gasteiger partial charge in [0.05, 0.1) is 21.9 Å². The van der Waals surface area contributed by atoms with Gasteiger partial charge >= 0.3 is 6.18 Å². The van der Waals surface area contributed by atoms with Crippen molar-refractivity contribution in [1.82, 2.24) is 10.2 Å². The lowest BCUT2D eigenvalue weighted by Gasteiger charge is -2.16. The van der Waals surface area contributed by atoms with Crippen molar-refractivity contribution in [2.45, 2.75) is 18.0 Å². The van der Waals surface area contributed by atoms with Crippen LogP contribution in [-0.4, -0.2) is 33.7 Å². The number of rotatable bonds is 6. The van der Waals surface area contributed by atoms with Crippen molar-refractivity contribution in [3.63, 3.8) is 0 Å². The third kappa shape index (κ3) is 5.80. The first kappa shape index (κ1) is 26.2. The Morgan fingerprint density at radius 1 is 1.17 bits per heavy atom. The van der Waals surface area contributed by atoms with Crippen LogP contribution < -0.4 is 14.8 Å². The summed E-state index contributed by atoms with van der Waals surface area (Å²) < 4.78 is 84.7. The molecule has 35 heavy (non-hydrogen) atoms. The Kier molecular flexibility index (Phi) is 7.22. The standard InChI is InChI=1S/C21H17ClF4N4O4S/c1-10-17(19(31)28-11-5-4-6-12(7-11)35(3,27)32)20(30-29-18(10)21(24,25)26)34-16-8-13(22)15(33-2)9-14(16)23/h4-9,27H,1-3H3,(H,28,31). The summed E-state index contributed by atoms with van der Waals surface area (Å²) in [4.78, 5) is 13.1. The van der Waals surface area contributed by atoms with E-state index in [1.807, 2.05) is 0 Å². The van der Waals surface area contributed by atoms with E-state index in [2.05, 4.69) is 15.5 Å². The van der Waals surface area contributed by atoms with Gasteiger partial charge in [0.1, 0.15) is 11.3 Å². The molecule has 1 aromatic heterocycles. The van der Waals surface area contributed by atoms with Crippen LogP contribution in [-0.2, 0) is 15.9 Å². The number of carbonyl (C=O) groups is 1. The molecule has 0 aliphatic rings. The Labute approximate surface area is 202 Å². The minimum atomic E-state index is -4.95. The maximum atomic E-state index is 14.5. The van der Waals surface area contributed by atoms with Gasteiger partial charge in [-0.1, -0.05) is 17.7 Å². The van der Waals surface area contributed by atoms with Gasteiger partial charge in [-0.25, -0.2) is 13.4 Å². The fourth-order valence-corrected chi connectivity index (χ4v) is 3.89. The molecule has 1 amide bonds. The number of nitrogens with one attached hydrogen (secondary N) is 2. The number of amides is 1. The Morgan fingerprint density at radius 3 is 2.46 bits per heavy atom. The molecule has 0 aliphatic carbocycles. The van der Waals surface area contributed by atoms with E-state index in [0.29, 0.717) is 0 Å².